The molecule has 1 saturated heterocycles. The van der Waals surface area contributed by atoms with Gasteiger partial charge < -0.3 is 5.11 Å². The molecular weight excluding hydrogens is 257 g/mol. The SMILES string of the molecule is OC1CC(c2cccc(F)c2)N(CCn2cccn2)C1. The third-order valence-corrected chi connectivity index (χ3v) is 3.79. The number of aliphatic hydroxyl groups is 1. The molecule has 0 aliphatic carbocycles. The Kier molecular flexibility index (Phi) is 3.80. The standard InChI is InChI=1S/C15H18FN3O/c16-13-4-1-3-12(9-13)15-10-14(20)11-18(15)7-8-19-6-2-5-17-19/h1-6,9,14-15,20H,7-8,10-11H2. The average Bonchev–Trinajstić information content (AvgIpc) is 3.05. The summed E-state index contributed by atoms with van der Waals surface area (Å²) in [5.41, 5.74) is 0.932. The number of likely N-dealkylation sites (tertiary alicyclic amines) is 1. The highest BCUT2D eigenvalue weighted by molar-refractivity contribution is 5.21. The molecule has 3 rings (SSSR count). The van der Waals surface area contributed by atoms with E-state index in [-0.39, 0.29) is 18.0 Å². The van der Waals surface area contributed by atoms with Crippen LogP contribution in [0.4, 0.5) is 4.39 Å². The van der Waals surface area contributed by atoms with E-state index in [0.717, 1.165) is 18.7 Å². The first-order valence-electron chi connectivity index (χ1n) is 6.87. The normalized spacial score (nSPS) is 23.3. The van der Waals surface area contributed by atoms with Crippen LogP contribution >= 0.6 is 0 Å². The van der Waals surface area contributed by atoms with Gasteiger partial charge in [0.2, 0.25) is 0 Å². The Balaban J connectivity index is 1.71. The largest absolute Gasteiger partial charge is 0.392 e. The molecule has 1 N–H and O–H groups in total. The van der Waals surface area contributed by atoms with Gasteiger partial charge >= 0.3 is 0 Å². The van der Waals surface area contributed by atoms with Crippen LogP contribution in [0.5, 0.6) is 0 Å². The molecule has 20 heavy (non-hydrogen) atoms. The zero-order valence-electron chi connectivity index (χ0n) is 11.2. The number of aliphatic hydroxyl groups excluding tert-OH is 1. The summed E-state index contributed by atoms with van der Waals surface area (Å²) in [4.78, 5) is 2.20. The Morgan fingerprint density at radius 3 is 2.95 bits per heavy atom. The van der Waals surface area contributed by atoms with Crippen molar-refractivity contribution in [2.24, 2.45) is 0 Å². The molecule has 1 aromatic carbocycles. The van der Waals surface area contributed by atoms with Crippen molar-refractivity contribution in [2.45, 2.75) is 25.1 Å². The van der Waals surface area contributed by atoms with Crippen molar-refractivity contribution < 1.29 is 9.50 Å². The van der Waals surface area contributed by atoms with Crippen LogP contribution < -0.4 is 0 Å². The predicted octanol–water partition coefficient (Wildman–Crippen LogP) is 1.83. The number of rotatable bonds is 4. The third kappa shape index (κ3) is 2.89. The van der Waals surface area contributed by atoms with Crippen LogP contribution in [-0.4, -0.2) is 39.0 Å². The van der Waals surface area contributed by atoms with Gasteiger partial charge in [0.1, 0.15) is 5.82 Å². The van der Waals surface area contributed by atoms with Crippen LogP contribution in [0.25, 0.3) is 0 Å². The zero-order chi connectivity index (χ0) is 13.9. The number of hydrogen-bond acceptors (Lipinski definition) is 3. The lowest BCUT2D eigenvalue weighted by molar-refractivity contribution is 0.172. The topological polar surface area (TPSA) is 41.3 Å². The fourth-order valence-electron chi connectivity index (χ4n) is 2.85. The Bertz CT molecular complexity index is 558. The molecule has 1 aliphatic heterocycles. The van der Waals surface area contributed by atoms with Gasteiger partial charge in [-0.1, -0.05) is 12.1 Å². The van der Waals surface area contributed by atoms with E-state index in [1.165, 1.54) is 6.07 Å². The minimum atomic E-state index is -0.346. The van der Waals surface area contributed by atoms with E-state index >= 15 is 0 Å². The second-order valence-electron chi connectivity index (χ2n) is 5.22. The second-order valence-corrected chi connectivity index (χ2v) is 5.22. The van der Waals surface area contributed by atoms with Crippen molar-refractivity contribution >= 4 is 0 Å². The van der Waals surface area contributed by atoms with Gasteiger partial charge in [0.05, 0.1) is 12.6 Å². The highest BCUT2D eigenvalue weighted by Gasteiger charge is 2.31. The van der Waals surface area contributed by atoms with E-state index in [1.54, 1.807) is 18.3 Å². The first-order chi connectivity index (χ1) is 9.72. The van der Waals surface area contributed by atoms with Gasteiger partial charge in [-0.05, 0) is 30.2 Å². The predicted molar refractivity (Wildman–Crippen MR) is 73.6 cm³/mol. The van der Waals surface area contributed by atoms with Gasteiger partial charge in [0.15, 0.2) is 0 Å². The van der Waals surface area contributed by atoms with E-state index in [4.69, 9.17) is 0 Å². The molecule has 2 aromatic rings. The maximum absolute atomic E-state index is 13.4. The fraction of sp³-hybridized carbons (Fsp3) is 0.400. The summed E-state index contributed by atoms with van der Waals surface area (Å²) in [6.45, 7) is 2.19. The molecule has 2 heterocycles. The summed E-state index contributed by atoms with van der Waals surface area (Å²) in [6.07, 6.45) is 3.98. The zero-order valence-corrected chi connectivity index (χ0v) is 11.2. The molecule has 106 valence electrons. The number of β-amino-alcohol motifs (C(OH)–C–C–N with tert-alkyl or cyclic N) is 1. The molecular formula is C15H18FN3O. The molecule has 2 unspecified atom stereocenters. The minimum absolute atomic E-state index is 0.0799. The molecule has 0 spiro atoms. The van der Waals surface area contributed by atoms with Gasteiger partial charge in [0, 0.05) is 31.5 Å². The molecule has 4 nitrogen and oxygen atoms in total. The highest BCUT2D eigenvalue weighted by atomic mass is 19.1. The quantitative estimate of drug-likeness (QED) is 0.925. The minimum Gasteiger partial charge on any atom is -0.392 e. The van der Waals surface area contributed by atoms with Crippen LogP contribution in [0.1, 0.15) is 18.0 Å². The Morgan fingerprint density at radius 1 is 1.30 bits per heavy atom. The average molecular weight is 275 g/mol. The van der Waals surface area contributed by atoms with E-state index in [9.17, 15) is 9.50 Å². The van der Waals surface area contributed by atoms with E-state index in [1.807, 2.05) is 23.0 Å². The van der Waals surface area contributed by atoms with Crippen LogP contribution in [-0.2, 0) is 6.54 Å². The molecule has 1 aromatic heterocycles. The molecule has 1 fully saturated rings. The third-order valence-electron chi connectivity index (χ3n) is 3.79. The lowest BCUT2D eigenvalue weighted by atomic mass is 10.0. The van der Waals surface area contributed by atoms with Crippen molar-refractivity contribution in [1.82, 2.24) is 14.7 Å². The van der Waals surface area contributed by atoms with Gasteiger partial charge in [-0.15, -0.1) is 0 Å². The van der Waals surface area contributed by atoms with Crippen molar-refractivity contribution in [3.8, 4) is 0 Å². The number of hydrogen-bond donors (Lipinski definition) is 1. The molecule has 5 heteroatoms. The van der Waals surface area contributed by atoms with Crippen LogP contribution in [0.15, 0.2) is 42.7 Å². The second kappa shape index (κ2) is 5.73. The number of halogens is 1. The maximum atomic E-state index is 13.4. The lowest BCUT2D eigenvalue weighted by Gasteiger charge is -2.24. The molecule has 0 radical (unpaired) electrons. The van der Waals surface area contributed by atoms with Crippen molar-refractivity contribution in [2.75, 3.05) is 13.1 Å². The molecule has 0 bridgehead atoms. The van der Waals surface area contributed by atoms with Crippen LogP contribution in [0.3, 0.4) is 0 Å². The summed E-state index contributed by atoms with van der Waals surface area (Å²) in [7, 11) is 0. The van der Waals surface area contributed by atoms with Gasteiger partial charge in [0.25, 0.3) is 0 Å². The number of benzene rings is 1. The molecule has 2 atom stereocenters. The van der Waals surface area contributed by atoms with Crippen molar-refractivity contribution in [1.29, 1.82) is 0 Å². The molecule has 0 saturated carbocycles. The highest BCUT2D eigenvalue weighted by Crippen LogP contribution is 2.32. The molecule has 1 aliphatic rings. The smallest absolute Gasteiger partial charge is 0.123 e. The summed E-state index contributed by atoms with van der Waals surface area (Å²) >= 11 is 0. The first-order valence-corrected chi connectivity index (χ1v) is 6.87. The monoisotopic (exact) mass is 275 g/mol. The van der Waals surface area contributed by atoms with E-state index < -0.39 is 0 Å². The van der Waals surface area contributed by atoms with Crippen LogP contribution in [0, 0.1) is 5.82 Å². The Labute approximate surface area is 117 Å². The van der Waals surface area contributed by atoms with Gasteiger partial charge in [-0.3, -0.25) is 9.58 Å². The van der Waals surface area contributed by atoms with Crippen LogP contribution in [0.2, 0.25) is 0 Å². The molecule has 0 amide bonds. The van der Waals surface area contributed by atoms with Gasteiger partial charge in [-0.25, -0.2) is 4.39 Å². The summed E-state index contributed by atoms with van der Waals surface area (Å²) in [5.74, 6) is -0.226. The Morgan fingerprint density at radius 2 is 2.20 bits per heavy atom. The van der Waals surface area contributed by atoms with Gasteiger partial charge in [-0.2, -0.15) is 5.10 Å². The van der Waals surface area contributed by atoms with E-state index in [0.29, 0.717) is 13.0 Å². The van der Waals surface area contributed by atoms with Crippen molar-refractivity contribution in [3.05, 3.63) is 54.1 Å². The lowest BCUT2D eigenvalue weighted by Crippen LogP contribution is -2.28. The summed E-state index contributed by atoms with van der Waals surface area (Å²) in [6, 6.07) is 8.62. The summed E-state index contributed by atoms with van der Waals surface area (Å²) in [5, 5.41) is 14.1. The Hall–Kier alpha value is -1.72. The fourth-order valence-corrected chi connectivity index (χ4v) is 2.85. The number of aromatic nitrogens is 2. The first kappa shape index (κ1) is 13.3. The van der Waals surface area contributed by atoms with E-state index in [2.05, 4.69) is 10.00 Å². The maximum Gasteiger partial charge on any atom is 0.123 e. The summed E-state index contributed by atoms with van der Waals surface area (Å²) < 4.78 is 15.2. The van der Waals surface area contributed by atoms with Crippen molar-refractivity contribution in [3.63, 3.8) is 0 Å². The number of nitrogens with zero attached hydrogens (tertiary/aromatic N) is 3.